The van der Waals surface area contributed by atoms with E-state index in [4.69, 9.17) is 4.74 Å². The molecule has 0 aromatic heterocycles. The molecule has 2 aliphatic heterocycles. The molecule has 3 unspecified atom stereocenters. The van der Waals surface area contributed by atoms with Crippen molar-refractivity contribution in [2.24, 2.45) is 5.92 Å². The summed E-state index contributed by atoms with van der Waals surface area (Å²) in [5, 5.41) is 9.23. The van der Waals surface area contributed by atoms with Crippen molar-refractivity contribution in [2.75, 3.05) is 12.4 Å². The summed E-state index contributed by atoms with van der Waals surface area (Å²) in [5.41, 5.74) is 0. The average molecular weight is 287 g/mol. The Labute approximate surface area is 117 Å². The lowest BCUT2D eigenvalue weighted by atomic mass is 10.1. The van der Waals surface area contributed by atoms with Gasteiger partial charge in [0, 0.05) is 12.4 Å². The number of carbonyl (C=O) groups is 2. The second-order valence-electron chi connectivity index (χ2n) is 5.42. The number of hydrogen-bond donors (Lipinski definition) is 1. The highest BCUT2D eigenvalue weighted by Gasteiger charge is 2.45. The molecule has 0 aromatic carbocycles. The molecule has 1 amide bonds. The molecular formula is C13H21NO4S. The summed E-state index contributed by atoms with van der Waals surface area (Å²) >= 11 is 1.56. The first kappa shape index (κ1) is 14.7. The van der Waals surface area contributed by atoms with Crippen molar-refractivity contribution >= 4 is 23.6 Å². The molecule has 2 heterocycles. The van der Waals surface area contributed by atoms with Gasteiger partial charge < -0.3 is 14.7 Å². The first-order valence-electron chi connectivity index (χ1n) is 6.80. The van der Waals surface area contributed by atoms with Gasteiger partial charge in [-0.05, 0) is 25.2 Å². The Kier molecular flexibility index (Phi) is 4.73. The zero-order valence-electron chi connectivity index (χ0n) is 11.4. The van der Waals surface area contributed by atoms with E-state index in [-0.39, 0.29) is 17.2 Å². The summed E-state index contributed by atoms with van der Waals surface area (Å²) in [6, 6.07) is -0.713. The third-order valence-corrected chi connectivity index (χ3v) is 5.22. The Bertz CT molecular complexity index is 355. The number of rotatable bonds is 3. The third-order valence-electron chi connectivity index (χ3n) is 3.60. The lowest BCUT2D eigenvalue weighted by molar-refractivity contribution is -0.157. The van der Waals surface area contributed by atoms with Crippen LogP contribution >= 0.6 is 11.8 Å². The van der Waals surface area contributed by atoms with Gasteiger partial charge in [0.15, 0.2) is 0 Å². The summed E-state index contributed by atoms with van der Waals surface area (Å²) < 4.78 is 5.51. The maximum Gasteiger partial charge on any atom is 0.327 e. The van der Waals surface area contributed by atoms with Crippen LogP contribution in [0.5, 0.6) is 0 Å². The Balaban J connectivity index is 2.15. The van der Waals surface area contributed by atoms with Gasteiger partial charge in [-0.1, -0.05) is 13.8 Å². The van der Waals surface area contributed by atoms with Gasteiger partial charge in [-0.25, -0.2) is 4.79 Å². The van der Waals surface area contributed by atoms with E-state index in [1.807, 2.05) is 13.8 Å². The van der Waals surface area contributed by atoms with Crippen LogP contribution in [-0.2, 0) is 14.3 Å². The van der Waals surface area contributed by atoms with Crippen molar-refractivity contribution in [3.63, 3.8) is 0 Å². The van der Waals surface area contributed by atoms with E-state index in [2.05, 4.69) is 0 Å². The van der Waals surface area contributed by atoms with Gasteiger partial charge in [0.25, 0.3) is 5.91 Å². The molecule has 3 atom stereocenters. The molecule has 0 radical (unpaired) electrons. The van der Waals surface area contributed by atoms with Crippen LogP contribution in [0.15, 0.2) is 0 Å². The molecule has 0 bridgehead atoms. The van der Waals surface area contributed by atoms with Crippen molar-refractivity contribution in [1.29, 1.82) is 0 Å². The maximum absolute atomic E-state index is 12.6. The highest BCUT2D eigenvalue weighted by molar-refractivity contribution is 8.00. The molecule has 2 rings (SSSR count). The maximum atomic E-state index is 12.6. The fourth-order valence-electron chi connectivity index (χ4n) is 2.61. The van der Waals surface area contributed by atoms with Crippen molar-refractivity contribution in [3.8, 4) is 0 Å². The predicted octanol–water partition coefficient (Wildman–Crippen LogP) is 1.57. The van der Waals surface area contributed by atoms with Gasteiger partial charge >= 0.3 is 5.97 Å². The number of carbonyl (C=O) groups excluding carboxylic acids is 1. The molecule has 19 heavy (non-hydrogen) atoms. The molecule has 5 nitrogen and oxygen atoms in total. The third kappa shape index (κ3) is 3.05. The monoisotopic (exact) mass is 287 g/mol. The van der Waals surface area contributed by atoms with Gasteiger partial charge in [0.05, 0.1) is 5.37 Å². The van der Waals surface area contributed by atoms with E-state index in [9.17, 15) is 14.7 Å². The topological polar surface area (TPSA) is 66.8 Å². The molecule has 1 N–H and O–H groups in total. The van der Waals surface area contributed by atoms with Gasteiger partial charge in [-0.2, -0.15) is 0 Å². The largest absolute Gasteiger partial charge is 0.480 e. The first-order chi connectivity index (χ1) is 9.02. The van der Waals surface area contributed by atoms with Crippen LogP contribution < -0.4 is 0 Å². The highest BCUT2D eigenvalue weighted by atomic mass is 32.2. The van der Waals surface area contributed by atoms with E-state index in [1.54, 1.807) is 16.7 Å². The standard InChI is InChI=1S/C13H21NO4S/c1-8(2)12-14(9(7-19-12)13(16)17)11(15)10-5-3-4-6-18-10/h8-10,12H,3-7H2,1-2H3,(H,16,17). The first-order valence-corrected chi connectivity index (χ1v) is 7.85. The molecule has 0 aliphatic carbocycles. The van der Waals surface area contributed by atoms with Crippen LogP contribution in [0.3, 0.4) is 0 Å². The van der Waals surface area contributed by atoms with Crippen molar-refractivity contribution in [1.82, 2.24) is 4.90 Å². The SMILES string of the molecule is CC(C)C1SCC(C(=O)O)N1C(=O)C1CCCCO1. The van der Waals surface area contributed by atoms with Crippen LogP contribution in [-0.4, -0.2) is 51.8 Å². The van der Waals surface area contributed by atoms with E-state index in [0.29, 0.717) is 18.8 Å². The van der Waals surface area contributed by atoms with Crippen LogP contribution in [0.1, 0.15) is 33.1 Å². The summed E-state index contributed by atoms with van der Waals surface area (Å²) in [7, 11) is 0. The normalized spacial score (nSPS) is 31.7. The highest BCUT2D eigenvalue weighted by Crippen LogP contribution is 2.35. The minimum absolute atomic E-state index is 0.0564. The van der Waals surface area contributed by atoms with Crippen LogP contribution in [0.25, 0.3) is 0 Å². The Morgan fingerprint density at radius 2 is 2.11 bits per heavy atom. The second kappa shape index (κ2) is 6.13. The summed E-state index contributed by atoms with van der Waals surface area (Å²) in [4.78, 5) is 25.4. The van der Waals surface area contributed by atoms with E-state index in [1.165, 1.54) is 0 Å². The lowest BCUT2D eigenvalue weighted by Gasteiger charge is -2.33. The molecule has 2 fully saturated rings. The second-order valence-corrected chi connectivity index (χ2v) is 6.57. The fraction of sp³-hybridized carbons (Fsp3) is 0.846. The summed E-state index contributed by atoms with van der Waals surface area (Å²) in [5.74, 6) is -0.353. The minimum Gasteiger partial charge on any atom is -0.480 e. The van der Waals surface area contributed by atoms with Crippen molar-refractivity contribution < 1.29 is 19.4 Å². The van der Waals surface area contributed by atoms with E-state index < -0.39 is 18.1 Å². The number of thioether (sulfide) groups is 1. The lowest BCUT2D eigenvalue weighted by Crippen LogP contribution is -2.52. The van der Waals surface area contributed by atoms with E-state index >= 15 is 0 Å². The number of ether oxygens (including phenoxy) is 1. The average Bonchev–Trinajstić information content (AvgIpc) is 2.83. The van der Waals surface area contributed by atoms with Crippen molar-refractivity contribution in [2.45, 2.75) is 50.6 Å². The molecule has 0 spiro atoms. The molecule has 2 saturated heterocycles. The number of carboxylic acid groups (broad SMARTS) is 1. The number of hydrogen-bond acceptors (Lipinski definition) is 4. The fourth-order valence-corrected chi connectivity index (χ4v) is 4.09. The van der Waals surface area contributed by atoms with Crippen LogP contribution in [0.4, 0.5) is 0 Å². The molecule has 0 saturated carbocycles. The number of amides is 1. The summed E-state index contributed by atoms with van der Waals surface area (Å²) in [6.45, 7) is 4.63. The van der Waals surface area contributed by atoms with Gasteiger partial charge in [0.1, 0.15) is 12.1 Å². The van der Waals surface area contributed by atoms with Crippen LogP contribution in [0, 0.1) is 5.92 Å². The number of nitrogens with zero attached hydrogens (tertiary/aromatic N) is 1. The molecule has 2 aliphatic rings. The van der Waals surface area contributed by atoms with Crippen molar-refractivity contribution in [3.05, 3.63) is 0 Å². The molecule has 108 valence electrons. The zero-order chi connectivity index (χ0) is 14.0. The molecule has 6 heteroatoms. The number of carboxylic acids is 1. The Hall–Kier alpha value is -0.750. The number of aliphatic carboxylic acids is 1. The molecule has 0 aromatic rings. The molecular weight excluding hydrogens is 266 g/mol. The Morgan fingerprint density at radius 3 is 2.63 bits per heavy atom. The Morgan fingerprint density at radius 1 is 1.37 bits per heavy atom. The smallest absolute Gasteiger partial charge is 0.327 e. The van der Waals surface area contributed by atoms with Crippen LogP contribution in [0.2, 0.25) is 0 Å². The minimum atomic E-state index is -0.917. The zero-order valence-corrected chi connectivity index (χ0v) is 12.2. The predicted molar refractivity (Wildman–Crippen MR) is 72.9 cm³/mol. The quantitative estimate of drug-likeness (QED) is 0.853. The van der Waals surface area contributed by atoms with Gasteiger partial charge in [-0.15, -0.1) is 11.8 Å². The summed E-state index contributed by atoms with van der Waals surface area (Å²) in [6.07, 6.45) is 2.21. The van der Waals surface area contributed by atoms with E-state index in [0.717, 1.165) is 12.8 Å². The van der Waals surface area contributed by atoms with Gasteiger partial charge in [-0.3, -0.25) is 4.79 Å². The van der Waals surface area contributed by atoms with Gasteiger partial charge in [0.2, 0.25) is 0 Å².